The van der Waals surface area contributed by atoms with Gasteiger partial charge in [0.2, 0.25) is 11.8 Å². The van der Waals surface area contributed by atoms with Crippen LogP contribution in [0.15, 0.2) is 51.6 Å². The lowest BCUT2D eigenvalue weighted by molar-refractivity contribution is -0.915. The molecule has 25 heavy (non-hydrogen) atoms. The molecule has 4 rings (SSSR count). The van der Waals surface area contributed by atoms with Crippen LogP contribution in [0.3, 0.4) is 0 Å². The van der Waals surface area contributed by atoms with Gasteiger partial charge >= 0.3 is 0 Å². The van der Waals surface area contributed by atoms with Gasteiger partial charge in [0.15, 0.2) is 6.54 Å². The first-order chi connectivity index (χ1) is 12.3. The number of nitrogens with one attached hydrogen (secondary N) is 1. The fourth-order valence-corrected chi connectivity index (χ4v) is 3.39. The maximum atomic E-state index is 5.85. The van der Waals surface area contributed by atoms with E-state index in [0.29, 0.717) is 11.8 Å². The van der Waals surface area contributed by atoms with Crippen molar-refractivity contribution in [2.45, 2.75) is 6.54 Å². The topological polar surface area (TPSA) is 72.4 Å². The Morgan fingerprint density at radius 2 is 1.80 bits per heavy atom. The molecule has 7 nitrogen and oxygen atoms in total. The fourth-order valence-electron chi connectivity index (χ4n) is 2.94. The summed E-state index contributed by atoms with van der Waals surface area (Å²) in [7, 11) is 0. The first kappa shape index (κ1) is 16.2. The lowest BCUT2D eigenvalue weighted by atomic mass is 10.2. The first-order valence-electron chi connectivity index (χ1n) is 8.22. The molecule has 128 valence electrons. The van der Waals surface area contributed by atoms with Crippen molar-refractivity contribution in [3.63, 3.8) is 0 Å². The van der Waals surface area contributed by atoms with Crippen LogP contribution in [0, 0.1) is 0 Å². The fraction of sp³-hybridized carbons (Fsp3) is 0.294. The summed E-state index contributed by atoms with van der Waals surface area (Å²) in [4.78, 5) is 12.3. The largest absolute Gasteiger partial charge is 0.415 e. The van der Waals surface area contributed by atoms with E-state index >= 15 is 0 Å². The van der Waals surface area contributed by atoms with Crippen LogP contribution in [-0.4, -0.2) is 46.3 Å². The Morgan fingerprint density at radius 3 is 2.56 bits per heavy atom. The van der Waals surface area contributed by atoms with Crippen molar-refractivity contribution in [1.82, 2.24) is 20.2 Å². The van der Waals surface area contributed by atoms with Crippen molar-refractivity contribution in [2.75, 3.05) is 31.1 Å². The molecule has 2 aromatic heterocycles. The van der Waals surface area contributed by atoms with Crippen LogP contribution in [-0.2, 0) is 6.54 Å². The molecule has 0 saturated carbocycles. The third-order valence-electron chi connectivity index (χ3n) is 4.28. The molecule has 1 saturated heterocycles. The van der Waals surface area contributed by atoms with Crippen molar-refractivity contribution in [1.29, 1.82) is 0 Å². The summed E-state index contributed by atoms with van der Waals surface area (Å²) in [5.74, 6) is 2.03. The smallest absolute Gasteiger partial charge is 0.271 e. The van der Waals surface area contributed by atoms with Crippen LogP contribution in [0.25, 0.3) is 11.5 Å². The van der Waals surface area contributed by atoms with Gasteiger partial charge in [-0.3, -0.25) is 0 Å². The van der Waals surface area contributed by atoms with E-state index in [1.807, 2.05) is 30.3 Å². The summed E-state index contributed by atoms with van der Waals surface area (Å²) in [6, 6.07) is 9.69. The number of nitrogens with zero attached hydrogens (tertiary/aromatic N) is 5. The summed E-state index contributed by atoms with van der Waals surface area (Å²) < 4.78 is 6.81. The van der Waals surface area contributed by atoms with E-state index in [0.717, 1.165) is 48.7 Å². The predicted molar refractivity (Wildman–Crippen MR) is 96.1 cm³/mol. The molecule has 1 N–H and O–H groups in total. The molecular formula is C17H18BrN6O+. The summed E-state index contributed by atoms with van der Waals surface area (Å²) in [5.41, 5.74) is 0.919. The Kier molecular flexibility index (Phi) is 4.71. The van der Waals surface area contributed by atoms with Gasteiger partial charge < -0.3 is 14.2 Å². The highest BCUT2D eigenvalue weighted by Crippen LogP contribution is 2.26. The van der Waals surface area contributed by atoms with E-state index < -0.39 is 0 Å². The predicted octanol–water partition coefficient (Wildman–Crippen LogP) is 1.19. The number of anilines is 1. The highest BCUT2D eigenvalue weighted by molar-refractivity contribution is 9.10. The van der Waals surface area contributed by atoms with Crippen LogP contribution in [0.4, 0.5) is 5.95 Å². The number of aromatic nitrogens is 4. The lowest BCUT2D eigenvalue weighted by Crippen LogP contribution is -3.13. The summed E-state index contributed by atoms with van der Waals surface area (Å²) in [6.07, 6.45) is 3.56. The minimum Gasteiger partial charge on any atom is -0.415 e. The molecular weight excluding hydrogens is 384 g/mol. The molecule has 1 aromatic carbocycles. The maximum absolute atomic E-state index is 5.85. The summed E-state index contributed by atoms with van der Waals surface area (Å²) >= 11 is 3.52. The van der Waals surface area contributed by atoms with Crippen LogP contribution in [0.5, 0.6) is 0 Å². The van der Waals surface area contributed by atoms with Crippen LogP contribution >= 0.6 is 15.9 Å². The van der Waals surface area contributed by atoms with Gasteiger partial charge in [0.1, 0.15) is 0 Å². The Morgan fingerprint density at radius 1 is 1.04 bits per heavy atom. The van der Waals surface area contributed by atoms with E-state index in [-0.39, 0.29) is 0 Å². The third-order valence-corrected chi connectivity index (χ3v) is 4.97. The lowest BCUT2D eigenvalue weighted by Gasteiger charge is -2.31. The average Bonchev–Trinajstić information content (AvgIpc) is 3.12. The second-order valence-corrected chi connectivity index (χ2v) is 6.80. The number of halogens is 1. The number of rotatable bonds is 4. The van der Waals surface area contributed by atoms with Gasteiger partial charge in [0, 0.05) is 16.9 Å². The van der Waals surface area contributed by atoms with E-state index in [4.69, 9.17) is 4.42 Å². The van der Waals surface area contributed by atoms with Gasteiger partial charge in [-0.15, -0.1) is 10.2 Å². The van der Waals surface area contributed by atoms with Gasteiger partial charge in [0.05, 0.1) is 31.7 Å². The first-order valence-corrected chi connectivity index (χ1v) is 9.02. The van der Waals surface area contributed by atoms with Crippen LogP contribution in [0.2, 0.25) is 0 Å². The number of quaternary nitrogens is 1. The molecule has 0 bridgehead atoms. The minimum atomic E-state index is 0.554. The molecule has 3 heterocycles. The number of hydrogen-bond acceptors (Lipinski definition) is 6. The molecule has 1 aliphatic rings. The molecule has 0 radical (unpaired) electrons. The van der Waals surface area contributed by atoms with Gasteiger partial charge in [-0.05, 0) is 34.1 Å². The quantitative estimate of drug-likeness (QED) is 0.707. The van der Waals surface area contributed by atoms with E-state index in [1.54, 1.807) is 12.4 Å². The zero-order chi connectivity index (χ0) is 17.1. The van der Waals surface area contributed by atoms with Crippen LogP contribution in [0.1, 0.15) is 5.89 Å². The normalized spacial score (nSPS) is 15.5. The SMILES string of the molecule is Brc1ccccc1-c1nnc(C[NH+]2CCN(c3ncccn3)CC2)o1. The Labute approximate surface area is 153 Å². The highest BCUT2D eigenvalue weighted by Gasteiger charge is 2.23. The van der Waals surface area contributed by atoms with Gasteiger partial charge in [-0.2, -0.15) is 0 Å². The Balaban J connectivity index is 1.37. The molecule has 8 heteroatoms. The molecule has 0 amide bonds. The number of benzene rings is 1. The second-order valence-electron chi connectivity index (χ2n) is 5.94. The van der Waals surface area contributed by atoms with Crippen molar-refractivity contribution in [2.24, 2.45) is 0 Å². The average molecular weight is 402 g/mol. The Bertz CT molecular complexity index is 832. The molecule has 0 aliphatic carbocycles. The van der Waals surface area contributed by atoms with E-state index in [9.17, 15) is 0 Å². The molecule has 0 unspecified atom stereocenters. The van der Waals surface area contributed by atoms with Gasteiger partial charge in [-0.1, -0.05) is 12.1 Å². The monoisotopic (exact) mass is 401 g/mol. The van der Waals surface area contributed by atoms with Crippen molar-refractivity contribution >= 4 is 21.9 Å². The van der Waals surface area contributed by atoms with E-state index in [2.05, 4.69) is 41.0 Å². The van der Waals surface area contributed by atoms with Crippen molar-refractivity contribution in [3.8, 4) is 11.5 Å². The summed E-state index contributed by atoms with van der Waals surface area (Å²) in [5, 5.41) is 8.39. The standard InChI is InChI=1S/C17H17BrN6O/c18-14-5-2-1-4-13(14)16-22-21-15(25-16)12-23-8-10-24(11-9-23)17-19-6-3-7-20-17/h1-7H,8-12H2/p+1. The number of piperazine rings is 1. The van der Waals surface area contributed by atoms with Gasteiger partial charge in [0.25, 0.3) is 5.89 Å². The molecule has 0 spiro atoms. The van der Waals surface area contributed by atoms with Crippen molar-refractivity contribution < 1.29 is 9.32 Å². The maximum Gasteiger partial charge on any atom is 0.271 e. The van der Waals surface area contributed by atoms with Gasteiger partial charge in [-0.25, -0.2) is 9.97 Å². The van der Waals surface area contributed by atoms with Crippen molar-refractivity contribution in [3.05, 3.63) is 53.1 Å². The van der Waals surface area contributed by atoms with Crippen LogP contribution < -0.4 is 9.80 Å². The Hall–Kier alpha value is -2.32. The zero-order valence-corrected chi connectivity index (χ0v) is 15.2. The molecule has 1 fully saturated rings. The second kappa shape index (κ2) is 7.28. The highest BCUT2D eigenvalue weighted by atomic mass is 79.9. The third kappa shape index (κ3) is 3.69. The molecule has 0 atom stereocenters. The molecule has 1 aliphatic heterocycles. The zero-order valence-electron chi connectivity index (χ0n) is 13.6. The summed E-state index contributed by atoms with van der Waals surface area (Å²) in [6.45, 7) is 4.56. The minimum absolute atomic E-state index is 0.554. The molecule has 3 aromatic rings. The van der Waals surface area contributed by atoms with E-state index in [1.165, 1.54) is 4.90 Å². The number of hydrogen-bond donors (Lipinski definition) is 1.